The largest absolute Gasteiger partial charge is 0.500 e. The first-order valence-corrected chi connectivity index (χ1v) is 8.25. The Kier molecular flexibility index (Phi) is 6.79. The molecular weight excluding hydrogens is 258 g/mol. The summed E-state index contributed by atoms with van der Waals surface area (Å²) in [5, 5.41) is 3.39. The quantitative estimate of drug-likeness (QED) is 0.558. The summed E-state index contributed by atoms with van der Waals surface area (Å²) in [5.74, 6) is 0. The molecule has 0 bridgehead atoms. The molecule has 0 spiro atoms. The highest BCUT2D eigenvalue weighted by atomic mass is 28.4. The van der Waals surface area contributed by atoms with E-state index in [1.54, 1.807) is 21.3 Å². The van der Waals surface area contributed by atoms with Crippen molar-refractivity contribution in [3.63, 3.8) is 0 Å². The van der Waals surface area contributed by atoms with Crippen LogP contribution in [0, 0.1) is 0 Å². The van der Waals surface area contributed by atoms with Crippen LogP contribution in [0.4, 0.5) is 5.69 Å². The fraction of sp³-hybridized carbons (Fsp3) is 0.429. The van der Waals surface area contributed by atoms with Crippen molar-refractivity contribution in [3.05, 3.63) is 36.4 Å². The van der Waals surface area contributed by atoms with Crippen molar-refractivity contribution >= 4 is 20.6 Å². The van der Waals surface area contributed by atoms with Gasteiger partial charge in [0, 0.05) is 39.6 Å². The van der Waals surface area contributed by atoms with Crippen LogP contribution >= 0.6 is 0 Å². The van der Waals surface area contributed by atoms with Gasteiger partial charge >= 0.3 is 8.80 Å². The molecule has 0 heterocycles. The summed E-state index contributed by atoms with van der Waals surface area (Å²) in [5.41, 5.74) is 2.20. The molecule has 0 unspecified atom stereocenters. The second-order valence-corrected chi connectivity index (χ2v) is 7.21. The van der Waals surface area contributed by atoms with Crippen molar-refractivity contribution in [3.8, 4) is 0 Å². The fourth-order valence-corrected chi connectivity index (χ4v) is 3.64. The van der Waals surface area contributed by atoms with Gasteiger partial charge in [0.2, 0.25) is 0 Å². The van der Waals surface area contributed by atoms with Crippen molar-refractivity contribution in [2.45, 2.75) is 12.5 Å². The van der Waals surface area contributed by atoms with Gasteiger partial charge in [-0.2, -0.15) is 0 Å². The average Bonchev–Trinajstić information content (AvgIpc) is 2.48. The topological polar surface area (TPSA) is 39.7 Å². The number of rotatable bonds is 9. The van der Waals surface area contributed by atoms with Crippen molar-refractivity contribution in [1.29, 1.82) is 0 Å². The van der Waals surface area contributed by atoms with Gasteiger partial charge in [0.1, 0.15) is 0 Å². The molecule has 0 aliphatic rings. The maximum Gasteiger partial charge on any atom is 0.500 e. The third kappa shape index (κ3) is 4.47. The van der Waals surface area contributed by atoms with Crippen molar-refractivity contribution < 1.29 is 13.3 Å². The lowest BCUT2D eigenvalue weighted by molar-refractivity contribution is 0.123. The third-order valence-electron chi connectivity index (χ3n) is 3.09. The van der Waals surface area contributed by atoms with E-state index in [0.29, 0.717) is 0 Å². The van der Waals surface area contributed by atoms with Crippen molar-refractivity contribution in [2.24, 2.45) is 0 Å². The summed E-state index contributed by atoms with van der Waals surface area (Å²) < 4.78 is 16.2. The Bertz CT molecular complexity index is 386. The van der Waals surface area contributed by atoms with E-state index in [9.17, 15) is 0 Å². The second kappa shape index (κ2) is 8.11. The highest BCUT2D eigenvalue weighted by Crippen LogP contribution is 2.18. The first-order chi connectivity index (χ1) is 9.21. The number of para-hydroxylation sites is 1. The molecule has 0 atom stereocenters. The Morgan fingerprint density at radius 2 is 1.79 bits per heavy atom. The Hall–Kier alpha value is -1.14. The van der Waals surface area contributed by atoms with Gasteiger partial charge in [0.05, 0.1) is 0 Å². The SMILES string of the molecule is C=Cc1ccccc1NCCC[Si](OC)(OC)OC. The molecule has 1 rings (SSSR count). The molecule has 0 fully saturated rings. The van der Waals surface area contributed by atoms with Crippen LogP contribution in [0.5, 0.6) is 0 Å². The van der Waals surface area contributed by atoms with Crippen molar-refractivity contribution in [2.75, 3.05) is 33.2 Å². The van der Waals surface area contributed by atoms with E-state index in [0.717, 1.165) is 30.3 Å². The number of anilines is 1. The van der Waals surface area contributed by atoms with E-state index in [1.807, 2.05) is 30.3 Å². The summed E-state index contributed by atoms with van der Waals surface area (Å²) in [6, 6.07) is 8.88. The first kappa shape index (κ1) is 15.9. The first-order valence-electron chi connectivity index (χ1n) is 6.32. The smallest absolute Gasteiger partial charge is 0.385 e. The van der Waals surface area contributed by atoms with Crippen molar-refractivity contribution in [1.82, 2.24) is 0 Å². The fourth-order valence-electron chi connectivity index (χ4n) is 1.92. The van der Waals surface area contributed by atoms with Gasteiger partial charge in [0.25, 0.3) is 0 Å². The molecule has 5 heteroatoms. The maximum atomic E-state index is 5.38. The van der Waals surface area contributed by atoms with Gasteiger partial charge in [-0.3, -0.25) is 0 Å². The Morgan fingerprint density at radius 3 is 2.37 bits per heavy atom. The molecule has 1 aromatic rings. The van der Waals surface area contributed by atoms with Gasteiger partial charge in [-0.05, 0) is 18.1 Å². The molecule has 0 aliphatic heterocycles. The Balaban J connectivity index is 2.44. The van der Waals surface area contributed by atoms with E-state index < -0.39 is 8.80 Å². The summed E-state index contributed by atoms with van der Waals surface area (Å²) >= 11 is 0. The third-order valence-corrected chi connectivity index (χ3v) is 5.92. The number of hydrogen-bond donors (Lipinski definition) is 1. The maximum absolute atomic E-state index is 5.38. The molecule has 0 radical (unpaired) electrons. The van der Waals surface area contributed by atoms with Gasteiger partial charge < -0.3 is 18.6 Å². The molecule has 0 saturated carbocycles. The highest BCUT2D eigenvalue weighted by Gasteiger charge is 2.36. The average molecular weight is 281 g/mol. The molecule has 0 amide bonds. The van der Waals surface area contributed by atoms with E-state index in [4.69, 9.17) is 13.3 Å². The van der Waals surface area contributed by atoms with E-state index in [2.05, 4.69) is 11.9 Å². The standard InChI is InChI=1S/C14H23NO3Si/c1-5-13-9-6-7-10-14(13)15-11-8-12-19(16-2,17-3)18-4/h5-7,9-10,15H,1,8,11-12H2,2-4H3. The summed E-state index contributed by atoms with van der Waals surface area (Å²) in [6.07, 6.45) is 2.77. The predicted octanol–water partition coefficient (Wildman–Crippen LogP) is 3.01. The highest BCUT2D eigenvalue weighted by molar-refractivity contribution is 6.60. The molecule has 0 aliphatic carbocycles. The van der Waals surface area contributed by atoms with Crippen LogP contribution < -0.4 is 5.32 Å². The summed E-state index contributed by atoms with van der Waals surface area (Å²) in [4.78, 5) is 0. The van der Waals surface area contributed by atoms with Crippen LogP contribution in [-0.4, -0.2) is 36.7 Å². The minimum atomic E-state index is -2.44. The molecule has 0 saturated heterocycles. The van der Waals surface area contributed by atoms with Gasteiger partial charge in [-0.1, -0.05) is 30.9 Å². The normalized spacial score (nSPS) is 11.3. The van der Waals surface area contributed by atoms with E-state index in [-0.39, 0.29) is 0 Å². The van der Waals surface area contributed by atoms with Gasteiger partial charge in [0.15, 0.2) is 0 Å². The van der Waals surface area contributed by atoms with Crippen LogP contribution in [0.2, 0.25) is 6.04 Å². The summed E-state index contributed by atoms with van der Waals surface area (Å²) in [6.45, 7) is 4.65. The molecule has 0 aromatic heterocycles. The van der Waals surface area contributed by atoms with Crippen LogP contribution in [-0.2, 0) is 13.3 Å². The van der Waals surface area contributed by atoms with Gasteiger partial charge in [-0.25, -0.2) is 0 Å². The molecule has 4 nitrogen and oxygen atoms in total. The zero-order valence-corrected chi connectivity index (χ0v) is 12.9. The monoisotopic (exact) mass is 281 g/mol. The Labute approximate surface area is 116 Å². The number of benzene rings is 1. The lowest BCUT2D eigenvalue weighted by Crippen LogP contribution is -2.42. The number of nitrogens with one attached hydrogen (secondary N) is 1. The molecule has 19 heavy (non-hydrogen) atoms. The Morgan fingerprint density at radius 1 is 1.16 bits per heavy atom. The predicted molar refractivity (Wildman–Crippen MR) is 81.2 cm³/mol. The van der Waals surface area contributed by atoms with E-state index in [1.165, 1.54) is 0 Å². The molecule has 1 aromatic carbocycles. The zero-order chi connectivity index (χ0) is 14.1. The summed E-state index contributed by atoms with van der Waals surface area (Å²) in [7, 11) is 2.48. The second-order valence-electron chi connectivity index (χ2n) is 4.12. The molecule has 106 valence electrons. The lowest BCUT2D eigenvalue weighted by Gasteiger charge is -2.24. The van der Waals surface area contributed by atoms with Crippen LogP contribution in [0.15, 0.2) is 30.8 Å². The van der Waals surface area contributed by atoms with Crippen LogP contribution in [0.3, 0.4) is 0 Å². The molecule has 1 N–H and O–H groups in total. The lowest BCUT2D eigenvalue weighted by atomic mass is 10.2. The minimum Gasteiger partial charge on any atom is -0.385 e. The minimum absolute atomic E-state index is 0.791. The van der Waals surface area contributed by atoms with Crippen LogP contribution in [0.25, 0.3) is 6.08 Å². The van der Waals surface area contributed by atoms with Crippen LogP contribution in [0.1, 0.15) is 12.0 Å². The zero-order valence-electron chi connectivity index (χ0n) is 11.9. The number of hydrogen-bond acceptors (Lipinski definition) is 4. The van der Waals surface area contributed by atoms with E-state index >= 15 is 0 Å². The van der Waals surface area contributed by atoms with Gasteiger partial charge in [-0.15, -0.1) is 0 Å². The molecular formula is C14H23NO3Si.